The monoisotopic (exact) mass is 498 g/mol. The molecule has 0 unspecified atom stereocenters. The van der Waals surface area contributed by atoms with E-state index in [0.29, 0.717) is 5.39 Å². The normalized spacial score (nSPS) is 13.2. The van der Waals surface area contributed by atoms with E-state index in [0.717, 1.165) is 12.1 Å². The van der Waals surface area contributed by atoms with Gasteiger partial charge in [0, 0.05) is 21.5 Å². The average molecular weight is 499 g/mol. The van der Waals surface area contributed by atoms with Gasteiger partial charge in [-0.15, -0.1) is 0 Å². The van der Waals surface area contributed by atoms with E-state index in [-0.39, 0.29) is 33.5 Å². The van der Waals surface area contributed by atoms with Gasteiger partial charge in [-0.05, 0) is 16.8 Å². The first-order chi connectivity index (χ1) is 14.8. The van der Waals surface area contributed by atoms with Gasteiger partial charge in [0.2, 0.25) is 0 Å². The minimum absolute atomic E-state index is 0.0227. The molecule has 0 aliphatic rings. The van der Waals surface area contributed by atoms with Gasteiger partial charge in [-0.3, -0.25) is 13.7 Å². The largest absolute Gasteiger partial charge is 0.487 e. The van der Waals surface area contributed by atoms with E-state index in [1.165, 1.54) is 30.3 Å². The van der Waals surface area contributed by atoms with Crippen molar-refractivity contribution in [1.82, 2.24) is 0 Å². The summed E-state index contributed by atoms with van der Waals surface area (Å²) in [4.78, 5) is -2.34. The van der Waals surface area contributed by atoms with E-state index >= 15 is 0 Å². The third-order valence-corrected chi connectivity index (χ3v) is 7.67. The van der Waals surface area contributed by atoms with E-state index < -0.39 is 50.8 Å². The van der Waals surface area contributed by atoms with E-state index in [1.54, 1.807) is 0 Å². The van der Waals surface area contributed by atoms with Gasteiger partial charge in [0.1, 0.15) is 21.3 Å². The summed E-state index contributed by atoms with van der Waals surface area (Å²) in [7, 11) is -14.9. The first kappa shape index (κ1) is 22.4. The van der Waals surface area contributed by atoms with Crippen molar-refractivity contribution in [2.24, 2.45) is 0 Å². The molecule has 0 fully saturated rings. The van der Waals surface area contributed by atoms with Crippen molar-refractivity contribution in [2.45, 2.75) is 14.7 Å². The van der Waals surface area contributed by atoms with Crippen LogP contribution in [0.1, 0.15) is 0 Å². The highest BCUT2D eigenvalue weighted by atomic mass is 32.2. The highest BCUT2D eigenvalue weighted by molar-refractivity contribution is 7.87. The Hall–Kier alpha value is -2.81. The molecule has 0 spiro atoms. The van der Waals surface area contributed by atoms with Crippen molar-refractivity contribution in [2.75, 3.05) is 6.61 Å². The minimum atomic E-state index is -5.11. The fourth-order valence-electron chi connectivity index (χ4n) is 3.86. The second-order valence-electron chi connectivity index (χ2n) is 6.82. The first-order valence-electron chi connectivity index (χ1n) is 8.70. The van der Waals surface area contributed by atoms with E-state index in [1.807, 2.05) is 0 Å². The van der Waals surface area contributed by atoms with Gasteiger partial charge >= 0.3 is 0 Å². The van der Waals surface area contributed by atoms with Crippen molar-refractivity contribution in [3.8, 4) is 5.75 Å². The van der Waals surface area contributed by atoms with Crippen LogP contribution in [0.2, 0.25) is 0 Å². The Morgan fingerprint density at radius 3 is 1.72 bits per heavy atom. The van der Waals surface area contributed by atoms with Crippen LogP contribution in [0.5, 0.6) is 5.75 Å². The molecule has 0 heterocycles. The summed E-state index contributed by atoms with van der Waals surface area (Å²) in [5, 5.41) is 0.0225. The van der Waals surface area contributed by atoms with Crippen molar-refractivity contribution < 1.29 is 43.6 Å². The summed E-state index contributed by atoms with van der Waals surface area (Å²) < 4.78 is 108. The molecule has 0 radical (unpaired) electrons. The first-order valence-corrected chi connectivity index (χ1v) is 13.0. The van der Waals surface area contributed by atoms with Crippen LogP contribution in [0.4, 0.5) is 0 Å². The summed E-state index contributed by atoms with van der Waals surface area (Å²) in [6.45, 7) is 3.05. The predicted molar refractivity (Wildman–Crippen MR) is 115 cm³/mol. The molecular formula is C19H14O10S3. The molecule has 0 atom stereocenters. The van der Waals surface area contributed by atoms with Gasteiger partial charge < -0.3 is 4.74 Å². The SMILES string of the molecule is C=CCOc1c(S(=O)(=O)O)c2ccc3ccc(S(=O)(=O)O)c4ccc(c1S(=O)(=O)O)c2c34. The summed E-state index contributed by atoms with van der Waals surface area (Å²) in [6, 6.07) is 7.56. The van der Waals surface area contributed by atoms with Crippen molar-refractivity contribution in [3.63, 3.8) is 0 Å². The molecule has 10 nitrogen and oxygen atoms in total. The van der Waals surface area contributed by atoms with Crippen LogP contribution in [-0.2, 0) is 30.4 Å². The highest BCUT2D eigenvalue weighted by Crippen LogP contribution is 2.47. The van der Waals surface area contributed by atoms with E-state index in [2.05, 4.69) is 6.58 Å². The smallest absolute Gasteiger partial charge is 0.298 e. The molecule has 4 aromatic rings. The van der Waals surface area contributed by atoms with Gasteiger partial charge in [0.15, 0.2) is 5.75 Å². The maximum atomic E-state index is 12.3. The van der Waals surface area contributed by atoms with Crippen LogP contribution >= 0.6 is 0 Å². The Bertz CT molecular complexity index is 1700. The second kappa shape index (κ2) is 7.10. The molecule has 13 heteroatoms. The van der Waals surface area contributed by atoms with Crippen molar-refractivity contribution in [1.29, 1.82) is 0 Å². The molecule has 0 aliphatic carbocycles. The molecule has 32 heavy (non-hydrogen) atoms. The fourth-order valence-corrected chi connectivity index (χ4v) is 6.30. The zero-order chi connectivity index (χ0) is 23.6. The van der Waals surface area contributed by atoms with Crippen LogP contribution in [-0.4, -0.2) is 45.5 Å². The Morgan fingerprint density at radius 1 is 0.719 bits per heavy atom. The third-order valence-electron chi connectivity index (χ3n) is 4.91. The topological polar surface area (TPSA) is 172 Å². The maximum Gasteiger partial charge on any atom is 0.298 e. The van der Waals surface area contributed by atoms with E-state index in [4.69, 9.17) is 4.74 Å². The number of ether oxygens (including phenoxy) is 1. The zero-order valence-corrected chi connectivity index (χ0v) is 18.3. The molecule has 0 saturated carbocycles. The average Bonchev–Trinajstić information content (AvgIpc) is 2.66. The summed E-state index contributed by atoms with van der Waals surface area (Å²) in [5.41, 5.74) is 0. The summed E-state index contributed by atoms with van der Waals surface area (Å²) in [6.07, 6.45) is 1.20. The second-order valence-corrected chi connectivity index (χ2v) is 10.9. The summed E-state index contributed by atoms with van der Waals surface area (Å²) in [5.74, 6) is -0.809. The number of rotatable bonds is 6. The Labute approximate surface area is 182 Å². The van der Waals surface area contributed by atoms with Gasteiger partial charge in [-0.2, -0.15) is 25.3 Å². The Balaban J connectivity index is 2.43. The molecule has 0 bridgehead atoms. The third kappa shape index (κ3) is 3.39. The van der Waals surface area contributed by atoms with Gasteiger partial charge in [0.05, 0.1) is 0 Å². The maximum absolute atomic E-state index is 12.3. The lowest BCUT2D eigenvalue weighted by atomic mass is 9.94. The van der Waals surface area contributed by atoms with Crippen LogP contribution in [0.3, 0.4) is 0 Å². The zero-order valence-electron chi connectivity index (χ0n) is 15.9. The van der Waals surface area contributed by atoms with Gasteiger partial charge in [0.25, 0.3) is 30.4 Å². The molecule has 168 valence electrons. The van der Waals surface area contributed by atoms with Crippen molar-refractivity contribution in [3.05, 3.63) is 49.1 Å². The van der Waals surface area contributed by atoms with Gasteiger partial charge in [-0.1, -0.05) is 43.0 Å². The van der Waals surface area contributed by atoms with E-state index in [9.17, 15) is 38.9 Å². The molecule has 0 saturated heterocycles. The fraction of sp³-hybridized carbons (Fsp3) is 0.0526. The predicted octanol–water partition coefficient (Wildman–Crippen LogP) is 2.89. The molecule has 0 aliphatic heterocycles. The number of hydrogen-bond donors (Lipinski definition) is 3. The van der Waals surface area contributed by atoms with Crippen LogP contribution in [0, 0.1) is 0 Å². The lowest BCUT2D eigenvalue weighted by molar-refractivity contribution is 0.340. The highest BCUT2D eigenvalue weighted by Gasteiger charge is 2.33. The quantitative estimate of drug-likeness (QED) is 0.204. The number of benzene rings is 4. The molecule has 3 N–H and O–H groups in total. The molecule has 0 aromatic heterocycles. The van der Waals surface area contributed by atoms with Crippen molar-refractivity contribution >= 4 is 62.7 Å². The molecule has 4 aromatic carbocycles. The Kier molecular flexibility index (Phi) is 4.96. The lowest BCUT2D eigenvalue weighted by Gasteiger charge is -2.20. The molecule has 0 amide bonds. The molecular weight excluding hydrogens is 484 g/mol. The van der Waals surface area contributed by atoms with Crippen LogP contribution in [0.15, 0.2) is 63.7 Å². The Morgan fingerprint density at radius 2 is 1.22 bits per heavy atom. The standard InChI is InChI=1S/C19H14O10S3/c1-2-9-29-17-18(31(23,24)25)12-5-3-10-4-8-14(30(20,21)22)11-6-7-13(16(12)15(10)11)19(17)32(26,27)28/h2-8H,1,9H2,(H,20,21,22)(H,23,24,25)(H,26,27,28). The molecule has 4 rings (SSSR count). The minimum Gasteiger partial charge on any atom is -0.487 e. The van der Waals surface area contributed by atoms with Crippen LogP contribution < -0.4 is 4.74 Å². The summed E-state index contributed by atoms with van der Waals surface area (Å²) >= 11 is 0. The number of hydrogen-bond acceptors (Lipinski definition) is 7. The van der Waals surface area contributed by atoms with Gasteiger partial charge in [-0.25, -0.2) is 0 Å². The van der Waals surface area contributed by atoms with Crippen LogP contribution in [0.25, 0.3) is 32.3 Å². The lowest BCUT2D eigenvalue weighted by Crippen LogP contribution is -2.11.